The summed E-state index contributed by atoms with van der Waals surface area (Å²) in [5.74, 6) is 1.59. The first kappa shape index (κ1) is 15.1. The average molecular weight is 327 g/mol. The topological polar surface area (TPSA) is 27.1 Å². The van der Waals surface area contributed by atoms with Crippen LogP contribution >= 0.6 is 23.2 Å². The lowest BCUT2D eigenvalue weighted by atomic mass is 10.1. The van der Waals surface area contributed by atoms with Crippen molar-refractivity contribution in [2.75, 3.05) is 12.5 Å². The number of imidazole rings is 1. The number of aryl methyl sites for hydroxylation is 2. The summed E-state index contributed by atoms with van der Waals surface area (Å²) in [5.41, 5.74) is 1.97. The minimum atomic E-state index is 0.374. The Morgan fingerprint density at radius 3 is 3.00 bits per heavy atom. The van der Waals surface area contributed by atoms with Gasteiger partial charge in [-0.3, -0.25) is 0 Å². The van der Waals surface area contributed by atoms with Gasteiger partial charge < -0.3 is 9.30 Å². The minimum Gasteiger partial charge on any atom is -0.378 e. The van der Waals surface area contributed by atoms with Gasteiger partial charge in [0.15, 0.2) is 0 Å². The summed E-state index contributed by atoms with van der Waals surface area (Å²) in [5, 5.41) is 0.705. The molecule has 2 heterocycles. The number of nitrogens with zero attached hydrogens (tertiary/aromatic N) is 2. The fourth-order valence-electron chi connectivity index (χ4n) is 2.99. The van der Waals surface area contributed by atoms with E-state index in [9.17, 15) is 0 Å². The number of hydrogen-bond donors (Lipinski definition) is 0. The van der Waals surface area contributed by atoms with Crippen molar-refractivity contribution in [3.8, 4) is 0 Å². The summed E-state index contributed by atoms with van der Waals surface area (Å²) in [6.45, 7) is 1.81. The van der Waals surface area contributed by atoms with Crippen molar-refractivity contribution in [2.24, 2.45) is 0 Å². The van der Waals surface area contributed by atoms with Gasteiger partial charge in [-0.15, -0.1) is 11.6 Å². The highest BCUT2D eigenvalue weighted by atomic mass is 35.5. The molecule has 3 rings (SSSR count). The molecule has 0 bridgehead atoms. The molecule has 1 aliphatic rings. The van der Waals surface area contributed by atoms with Gasteiger partial charge in [-0.1, -0.05) is 17.7 Å². The maximum absolute atomic E-state index is 6.26. The highest BCUT2D eigenvalue weighted by molar-refractivity contribution is 6.34. The zero-order chi connectivity index (χ0) is 14.7. The zero-order valence-electron chi connectivity index (χ0n) is 12.0. The van der Waals surface area contributed by atoms with Crippen molar-refractivity contribution in [2.45, 2.75) is 44.8 Å². The molecule has 2 aromatic rings. The van der Waals surface area contributed by atoms with Crippen LogP contribution in [-0.4, -0.2) is 28.1 Å². The van der Waals surface area contributed by atoms with Gasteiger partial charge in [0.2, 0.25) is 0 Å². The smallest absolute Gasteiger partial charge is 0.111 e. The van der Waals surface area contributed by atoms with E-state index in [1.54, 1.807) is 0 Å². The Hall–Kier alpha value is -0.770. The van der Waals surface area contributed by atoms with Crippen LogP contribution in [0.1, 0.15) is 31.5 Å². The average Bonchev–Trinajstić information content (AvgIpc) is 2.86. The van der Waals surface area contributed by atoms with E-state index < -0.39 is 0 Å². The number of aromatic nitrogens is 2. The van der Waals surface area contributed by atoms with E-state index >= 15 is 0 Å². The van der Waals surface area contributed by atoms with Crippen LogP contribution in [0, 0.1) is 0 Å². The summed E-state index contributed by atoms with van der Waals surface area (Å²) in [4.78, 5) is 4.67. The van der Waals surface area contributed by atoms with Crippen molar-refractivity contribution in [3.05, 3.63) is 29.0 Å². The molecule has 1 aromatic heterocycles. The number of halogens is 2. The Balaban J connectivity index is 1.84. The lowest BCUT2D eigenvalue weighted by molar-refractivity contribution is 0.00887. The monoisotopic (exact) mass is 326 g/mol. The Labute approximate surface area is 135 Å². The minimum absolute atomic E-state index is 0.374. The molecule has 3 nitrogen and oxygen atoms in total. The normalized spacial score (nSPS) is 19.2. The van der Waals surface area contributed by atoms with Crippen LogP contribution in [0.2, 0.25) is 5.02 Å². The van der Waals surface area contributed by atoms with Gasteiger partial charge in [0, 0.05) is 25.5 Å². The second-order valence-electron chi connectivity index (χ2n) is 5.50. The van der Waals surface area contributed by atoms with E-state index in [1.165, 1.54) is 12.8 Å². The lowest BCUT2D eigenvalue weighted by Crippen LogP contribution is -2.21. The SMILES string of the molecule is ClCCc1nc2c(Cl)cccc2n1CCC1CCCCO1. The summed E-state index contributed by atoms with van der Waals surface area (Å²) >= 11 is 12.2. The Morgan fingerprint density at radius 2 is 2.24 bits per heavy atom. The van der Waals surface area contributed by atoms with Gasteiger partial charge in [0.25, 0.3) is 0 Å². The van der Waals surface area contributed by atoms with Gasteiger partial charge >= 0.3 is 0 Å². The van der Waals surface area contributed by atoms with Crippen LogP contribution in [0.5, 0.6) is 0 Å². The van der Waals surface area contributed by atoms with Crippen LogP contribution in [-0.2, 0) is 17.7 Å². The quantitative estimate of drug-likeness (QED) is 0.760. The molecule has 0 radical (unpaired) electrons. The molecule has 1 aromatic carbocycles. The summed E-state index contributed by atoms with van der Waals surface area (Å²) in [6, 6.07) is 5.94. The third-order valence-electron chi connectivity index (χ3n) is 4.08. The molecule has 1 unspecified atom stereocenters. The van der Waals surface area contributed by atoms with Gasteiger partial charge in [0.05, 0.1) is 16.6 Å². The number of hydrogen-bond acceptors (Lipinski definition) is 2. The molecule has 114 valence electrons. The highest BCUT2D eigenvalue weighted by Gasteiger charge is 2.17. The fraction of sp³-hybridized carbons (Fsp3) is 0.562. The van der Waals surface area contributed by atoms with E-state index in [-0.39, 0.29) is 0 Å². The van der Waals surface area contributed by atoms with Gasteiger partial charge in [0.1, 0.15) is 11.3 Å². The molecule has 1 atom stereocenters. The first-order valence-electron chi connectivity index (χ1n) is 7.61. The molecule has 21 heavy (non-hydrogen) atoms. The molecule has 0 amide bonds. The largest absolute Gasteiger partial charge is 0.378 e. The Morgan fingerprint density at radius 1 is 1.33 bits per heavy atom. The third-order valence-corrected chi connectivity index (χ3v) is 4.57. The molecule has 0 spiro atoms. The maximum atomic E-state index is 6.26. The molecular weight excluding hydrogens is 307 g/mol. The third kappa shape index (κ3) is 3.36. The number of rotatable bonds is 5. The Bertz CT molecular complexity index is 606. The molecule has 0 aliphatic carbocycles. The predicted octanol–water partition coefficient (Wildman–Crippen LogP) is 4.43. The van der Waals surface area contributed by atoms with E-state index in [2.05, 4.69) is 15.6 Å². The van der Waals surface area contributed by atoms with E-state index in [0.29, 0.717) is 17.0 Å². The number of benzene rings is 1. The first-order chi connectivity index (χ1) is 10.3. The van der Waals surface area contributed by atoms with Crippen LogP contribution < -0.4 is 0 Å². The number of para-hydroxylation sites is 1. The molecule has 0 saturated carbocycles. The van der Waals surface area contributed by atoms with Crippen LogP contribution in [0.3, 0.4) is 0 Å². The molecule has 1 fully saturated rings. The van der Waals surface area contributed by atoms with Crippen LogP contribution in [0.15, 0.2) is 18.2 Å². The zero-order valence-corrected chi connectivity index (χ0v) is 13.5. The molecule has 1 saturated heterocycles. The van der Waals surface area contributed by atoms with Crippen molar-refractivity contribution in [3.63, 3.8) is 0 Å². The molecular formula is C16H20Cl2N2O. The van der Waals surface area contributed by atoms with E-state index in [1.807, 2.05) is 12.1 Å². The van der Waals surface area contributed by atoms with Crippen molar-refractivity contribution >= 4 is 34.2 Å². The molecule has 5 heteroatoms. The van der Waals surface area contributed by atoms with Gasteiger partial charge in [-0.05, 0) is 37.8 Å². The number of ether oxygens (including phenoxy) is 1. The summed E-state index contributed by atoms with van der Waals surface area (Å²) in [7, 11) is 0. The van der Waals surface area contributed by atoms with Crippen LogP contribution in [0.25, 0.3) is 11.0 Å². The standard InChI is InChI=1S/C16H20Cl2N2O/c17-9-7-15-19-16-13(18)5-3-6-14(16)20(15)10-8-12-4-1-2-11-21-12/h3,5-6,12H,1-2,4,7-11H2. The highest BCUT2D eigenvalue weighted by Crippen LogP contribution is 2.25. The summed E-state index contributed by atoms with van der Waals surface area (Å²) < 4.78 is 8.08. The second-order valence-corrected chi connectivity index (χ2v) is 6.29. The van der Waals surface area contributed by atoms with Crippen LogP contribution in [0.4, 0.5) is 0 Å². The fourth-order valence-corrected chi connectivity index (χ4v) is 3.37. The van der Waals surface area contributed by atoms with E-state index in [4.69, 9.17) is 27.9 Å². The maximum Gasteiger partial charge on any atom is 0.111 e. The van der Waals surface area contributed by atoms with Gasteiger partial charge in [-0.25, -0.2) is 4.98 Å². The van der Waals surface area contributed by atoms with Crippen molar-refractivity contribution in [1.82, 2.24) is 9.55 Å². The van der Waals surface area contributed by atoms with Crippen molar-refractivity contribution in [1.29, 1.82) is 0 Å². The van der Waals surface area contributed by atoms with Gasteiger partial charge in [-0.2, -0.15) is 0 Å². The van der Waals surface area contributed by atoms with Crippen molar-refractivity contribution < 1.29 is 4.74 Å². The number of fused-ring (bicyclic) bond motifs is 1. The molecule has 0 N–H and O–H groups in total. The Kier molecular flexibility index (Phi) is 5.04. The number of alkyl halides is 1. The second kappa shape index (κ2) is 6.99. The first-order valence-corrected chi connectivity index (χ1v) is 8.52. The molecule has 1 aliphatic heterocycles. The lowest BCUT2D eigenvalue weighted by Gasteiger charge is -2.23. The summed E-state index contributed by atoms with van der Waals surface area (Å²) in [6.07, 6.45) is 5.79. The van der Waals surface area contributed by atoms with E-state index in [0.717, 1.165) is 49.3 Å². The predicted molar refractivity (Wildman–Crippen MR) is 87.4 cm³/mol.